The van der Waals surface area contributed by atoms with Gasteiger partial charge in [-0.25, -0.2) is 4.98 Å². The molecule has 4 heteroatoms. The van der Waals surface area contributed by atoms with E-state index in [0.717, 1.165) is 30.5 Å². The lowest BCUT2D eigenvalue weighted by Crippen LogP contribution is -2.30. The molecule has 1 aliphatic carbocycles. The molecule has 0 saturated heterocycles. The lowest BCUT2D eigenvalue weighted by atomic mass is 10.4. The molecule has 0 aliphatic heterocycles. The molecule has 1 fully saturated rings. The third-order valence-electron chi connectivity index (χ3n) is 2.97. The van der Waals surface area contributed by atoms with Crippen LogP contribution in [0, 0.1) is 19.8 Å². The Balaban J connectivity index is 1.89. The summed E-state index contributed by atoms with van der Waals surface area (Å²) in [7, 11) is 0. The van der Waals surface area contributed by atoms with Crippen molar-refractivity contribution >= 4 is 0 Å². The molecule has 0 spiro atoms. The second-order valence-corrected chi connectivity index (χ2v) is 4.58. The van der Waals surface area contributed by atoms with Crippen molar-refractivity contribution in [2.24, 2.45) is 5.92 Å². The van der Waals surface area contributed by atoms with E-state index in [0.29, 0.717) is 6.54 Å². The zero-order chi connectivity index (χ0) is 11.5. The molecule has 0 amide bonds. The Bertz CT molecular complexity index is 421. The first-order valence-corrected chi connectivity index (χ1v) is 5.92. The molecule has 1 saturated carbocycles. The fourth-order valence-electron chi connectivity index (χ4n) is 1.85. The molecule has 2 rings (SSSR count). The highest BCUT2D eigenvalue weighted by molar-refractivity contribution is 5.01. The van der Waals surface area contributed by atoms with Crippen molar-refractivity contribution in [3.8, 4) is 0 Å². The fraction of sp³-hybridized carbons (Fsp3) is 0.667. The summed E-state index contributed by atoms with van der Waals surface area (Å²) in [5.74, 6) is 1.69. The molecule has 1 N–H and O–H groups in total. The predicted octanol–water partition coefficient (Wildman–Crippen LogP) is 0.860. The normalized spacial score (nSPS) is 15.4. The van der Waals surface area contributed by atoms with E-state index in [1.165, 1.54) is 12.8 Å². The van der Waals surface area contributed by atoms with E-state index in [4.69, 9.17) is 0 Å². The van der Waals surface area contributed by atoms with Gasteiger partial charge in [-0.05, 0) is 39.2 Å². The van der Waals surface area contributed by atoms with Crippen molar-refractivity contribution in [1.82, 2.24) is 14.9 Å². The molecule has 1 aromatic heterocycles. The zero-order valence-corrected chi connectivity index (χ0v) is 9.99. The lowest BCUT2D eigenvalue weighted by Gasteiger charge is -2.10. The van der Waals surface area contributed by atoms with Gasteiger partial charge in [0, 0.05) is 24.8 Å². The number of aryl methyl sites for hydroxylation is 2. The standard InChI is InChI=1S/C12H19N3O/c1-9-7-12(16)15(10(2)14-9)6-5-13-8-11-3-4-11/h7,11,13H,3-6,8H2,1-2H3. The molecule has 0 aromatic carbocycles. The molecule has 1 aromatic rings. The van der Waals surface area contributed by atoms with Crippen LogP contribution in [0.1, 0.15) is 24.4 Å². The first kappa shape index (κ1) is 11.3. The van der Waals surface area contributed by atoms with E-state index >= 15 is 0 Å². The Morgan fingerprint density at radius 3 is 2.88 bits per heavy atom. The van der Waals surface area contributed by atoms with Gasteiger partial charge in [0.05, 0.1) is 0 Å². The average molecular weight is 221 g/mol. The van der Waals surface area contributed by atoms with Gasteiger partial charge < -0.3 is 5.32 Å². The lowest BCUT2D eigenvalue weighted by molar-refractivity contribution is 0.550. The van der Waals surface area contributed by atoms with E-state index in [2.05, 4.69) is 10.3 Å². The van der Waals surface area contributed by atoms with E-state index in [1.807, 2.05) is 13.8 Å². The average Bonchev–Trinajstić information content (AvgIpc) is 2.98. The van der Waals surface area contributed by atoms with Gasteiger partial charge in [0.2, 0.25) is 0 Å². The maximum Gasteiger partial charge on any atom is 0.253 e. The third kappa shape index (κ3) is 2.92. The molecule has 0 bridgehead atoms. The Kier molecular flexibility index (Phi) is 3.39. The molecular formula is C12H19N3O. The van der Waals surface area contributed by atoms with Crippen molar-refractivity contribution in [3.05, 3.63) is 27.9 Å². The maximum atomic E-state index is 11.7. The molecule has 0 radical (unpaired) electrons. The van der Waals surface area contributed by atoms with Crippen molar-refractivity contribution in [1.29, 1.82) is 0 Å². The minimum absolute atomic E-state index is 0.0539. The summed E-state index contributed by atoms with van der Waals surface area (Å²) >= 11 is 0. The molecule has 0 unspecified atom stereocenters. The summed E-state index contributed by atoms with van der Waals surface area (Å²) in [6.45, 7) is 6.39. The summed E-state index contributed by atoms with van der Waals surface area (Å²) in [6.07, 6.45) is 2.72. The maximum absolute atomic E-state index is 11.7. The highest BCUT2D eigenvalue weighted by Crippen LogP contribution is 2.27. The zero-order valence-electron chi connectivity index (χ0n) is 9.99. The predicted molar refractivity (Wildman–Crippen MR) is 63.6 cm³/mol. The molecule has 16 heavy (non-hydrogen) atoms. The summed E-state index contributed by atoms with van der Waals surface area (Å²) < 4.78 is 1.73. The minimum atomic E-state index is 0.0539. The van der Waals surface area contributed by atoms with Crippen molar-refractivity contribution in [2.75, 3.05) is 13.1 Å². The van der Waals surface area contributed by atoms with Gasteiger partial charge >= 0.3 is 0 Å². The first-order valence-electron chi connectivity index (χ1n) is 5.92. The summed E-state index contributed by atoms with van der Waals surface area (Å²) in [5.41, 5.74) is 0.850. The summed E-state index contributed by atoms with van der Waals surface area (Å²) in [6, 6.07) is 1.59. The molecule has 4 nitrogen and oxygen atoms in total. The van der Waals surface area contributed by atoms with Crippen LogP contribution < -0.4 is 10.9 Å². The first-order chi connectivity index (χ1) is 7.66. The minimum Gasteiger partial charge on any atom is -0.315 e. The fourth-order valence-corrected chi connectivity index (χ4v) is 1.85. The highest BCUT2D eigenvalue weighted by Gasteiger charge is 2.19. The number of hydrogen-bond donors (Lipinski definition) is 1. The Morgan fingerprint density at radius 2 is 2.25 bits per heavy atom. The van der Waals surface area contributed by atoms with Gasteiger partial charge in [-0.3, -0.25) is 9.36 Å². The monoisotopic (exact) mass is 221 g/mol. The van der Waals surface area contributed by atoms with E-state index < -0.39 is 0 Å². The van der Waals surface area contributed by atoms with Gasteiger partial charge in [-0.1, -0.05) is 0 Å². The van der Waals surface area contributed by atoms with Crippen molar-refractivity contribution in [3.63, 3.8) is 0 Å². The Morgan fingerprint density at radius 1 is 1.50 bits per heavy atom. The van der Waals surface area contributed by atoms with Crippen LogP contribution in [0.2, 0.25) is 0 Å². The van der Waals surface area contributed by atoms with Crippen LogP contribution in [0.5, 0.6) is 0 Å². The second kappa shape index (κ2) is 4.78. The van der Waals surface area contributed by atoms with E-state index in [1.54, 1.807) is 10.6 Å². The molecule has 0 atom stereocenters. The molecule has 1 heterocycles. The van der Waals surface area contributed by atoms with E-state index in [-0.39, 0.29) is 5.56 Å². The van der Waals surface area contributed by atoms with Crippen molar-refractivity contribution < 1.29 is 0 Å². The van der Waals surface area contributed by atoms with Crippen LogP contribution in [-0.2, 0) is 6.54 Å². The van der Waals surface area contributed by atoms with Gasteiger partial charge in [0.1, 0.15) is 5.82 Å². The number of rotatable bonds is 5. The van der Waals surface area contributed by atoms with Gasteiger partial charge in [-0.2, -0.15) is 0 Å². The second-order valence-electron chi connectivity index (χ2n) is 4.58. The quantitative estimate of drug-likeness (QED) is 0.750. The summed E-state index contributed by atoms with van der Waals surface area (Å²) in [4.78, 5) is 16.0. The summed E-state index contributed by atoms with van der Waals surface area (Å²) in [5, 5.41) is 3.38. The van der Waals surface area contributed by atoms with E-state index in [9.17, 15) is 4.79 Å². The van der Waals surface area contributed by atoms with Crippen LogP contribution in [0.25, 0.3) is 0 Å². The van der Waals surface area contributed by atoms with Crippen LogP contribution >= 0.6 is 0 Å². The molecule has 1 aliphatic rings. The number of nitrogens with zero attached hydrogens (tertiary/aromatic N) is 2. The molecule has 88 valence electrons. The molecular weight excluding hydrogens is 202 g/mol. The number of hydrogen-bond acceptors (Lipinski definition) is 3. The van der Waals surface area contributed by atoms with Crippen molar-refractivity contribution in [2.45, 2.75) is 33.2 Å². The highest BCUT2D eigenvalue weighted by atomic mass is 16.1. The van der Waals surface area contributed by atoms with Crippen LogP contribution in [0.4, 0.5) is 0 Å². The van der Waals surface area contributed by atoms with Crippen LogP contribution in [0.3, 0.4) is 0 Å². The van der Waals surface area contributed by atoms with Crippen LogP contribution in [0.15, 0.2) is 10.9 Å². The Hall–Kier alpha value is -1.16. The van der Waals surface area contributed by atoms with Gasteiger partial charge in [0.15, 0.2) is 0 Å². The SMILES string of the molecule is Cc1cc(=O)n(CCNCC2CC2)c(C)n1. The van der Waals surface area contributed by atoms with Crippen LogP contribution in [-0.4, -0.2) is 22.6 Å². The topological polar surface area (TPSA) is 46.9 Å². The van der Waals surface area contributed by atoms with Gasteiger partial charge in [-0.15, -0.1) is 0 Å². The largest absolute Gasteiger partial charge is 0.315 e. The Labute approximate surface area is 95.7 Å². The van der Waals surface area contributed by atoms with Gasteiger partial charge in [0.25, 0.3) is 5.56 Å². The number of nitrogens with one attached hydrogen (secondary N) is 1. The smallest absolute Gasteiger partial charge is 0.253 e. The third-order valence-corrected chi connectivity index (χ3v) is 2.97. The number of aromatic nitrogens is 2.